The highest BCUT2D eigenvalue weighted by molar-refractivity contribution is 8.76. The van der Waals surface area contributed by atoms with Gasteiger partial charge in [-0.15, -0.1) is 0 Å². The average molecular weight is 1440 g/mol. The van der Waals surface area contributed by atoms with Crippen molar-refractivity contribution in [1.82, 2.24) is 67.1 Å². The van der Waals surface area contributed by atoms with Gasteiger partial charge in [0.05, 0.1) is 38.4 Å². The zero-order valence-electron chi connectivity index (χ0n) is 55.4. The van der Waals surface area contributed by atoms with E-state index < -0.39 is 163 Å². The molecule has 33 nitrogen and oxygen atoms in total. The first-order chi connectivity index (χ1) is 47.7. The number of hydrogen-bond acceptors (Lipinski definition) is 22. The number of nitrogens with one attached hydrogen (secondary N) is 9. The fourth-order valence-electron chi connectivity index (χ4n) is 11.1. The first-order valence-electron chi connectivity index (χ1n) is 32.5. The molecule has 1 aromatic heterocycles. The first kappa shape index (κ1) is 80.0. The Morgan fingerprint density at radius 3 is 1.65 bits per heavy atom. The normalized spacial score (nSPS) is 21.9. The van der Waals surface area contributed by atoms with Gasteiger partial charge in [0.2, 0.25) is 47.3 Å². The monoisotopic (exact) mass is 1430 g/mol. The van der Waals surface area contributed by atoms with E-state index in [1.54, 1.807) is 80.4 Å². The number of carbonyl (C=O) groups is 12. The molecule has 3 unspecified atom stereocenters. The van der Waals surface area contributed by atoms with E-state index in [1.165, 1.54) is 24.3 Å². The van der Waals surface area contributed by atoms with Gasteiger partial charge < -0.3 is 89.0 Å². The molecule has 0 spiro atoms. The molecular weight excluding hydrogens is 1340 g/mol. The third kappa shape index (κ3) is 26.6. The Morgan fingerprint density at radius 1 is 0.580 bits per heavy atom. The van der Waals surface area contributed by atoms with Crippen molar-refractivity contribution in [3.05, 3.63) is 102 Å². The van der Waals surface area contributed by atoms with Crippen molar-refractivity contribution in [3.8, 4) is 5.75 Å². The minimum atomic E-state index is -1.91. The molecular formula is C65H90N14O19S2. The van der Waals surface area contributed by atoms with E-state index in [0.717, 1.165) is 35.4 Å². The number of carboxylic acid groups (broad SMARTS) is 4. The van der Waals surface area contributed by atoms with Crippen LogP contribution in [0.1, 0.15) is 49.8 Å². The number of para-hydroxylation sites is 1. The zero-order valence-corrected chi connectivity index (χ0v) is 57.1. The SMILES string of the molecule is C[C@@H](O)[C@H](NC(=O)[C@@H]1CSSCC(NC(=O)[C@@H](Cc2ccccc2)NC(=O)CN2CCN(CC(=O)O)CCN(CC(=O)O)CCN(CC(=O)O)CC2)C(=O)N[C@@H](Cc2ccc(O)cc2)C(=O)NC(Cc2c[nH]c3ccccc23)C(=O)NC(CCCCN)C(=O)N[C@@H]([C@@H](C)O)C(=O)N1)C(=O)O. The lowest BCUT2D eigenvalue weighted by Gasteiger charge is -2.33. The minimum absolute atomic E-state index is 0.0426. The molecule has 18 N–H and O–H groups in total. The van der Waals surface area contributed by atoms with Crippen molar-refractivity contribution < 1.29 is 93.3 Å². The number of fused-ring (bicyclic) bond motifs is 1. The lowest BCUT2D eigenvalue weighted by Crippen LogP contribution is -2.62. The molecule has 0 saturated carbocycles. The number of aliphatic hydroxyl groups excluding tert-OH is 2. The Hall–Kier alpha value is -8.94. The van der Waals surface area contributed by atoms with Crippen LogP contribution in [0, 0.1) is 0 Å². The minimum Gasteiger partial charge on any atom is -0.508 e. The number of aromatic amines is 1. The Balaban J connectivity index is 1.41. The molecule has 0 radical (unpaired) electrons. The maximum absolute atomic E-state index is 15.3. The van der Waals surface area contributed by atoms with E-state index >= 15 is 14.4 Å². The molecule has 3 aromatic carbocycles. The molecule has 546 valence electrons. The van der Waals surface area contributed by atoms with Gasteiger partial charge in [-0.2, -0.15) is 0 Å². The van der Waals surface area contributed by atoms with Crippen molar-refractivity contribution in [1.29, 1.82) is 0 Å². The number of carbonyl (C=O) groups excluding carboxylic acids is 8. The molecule has 0 aliphatic carbocycles. The van der Waals surface area contributed by atoms with E-state index in [0.29, 0.717) is 34.0 Å². The summed E-state index contributed by atoms with van der Waals surface area (Å²) in [6.45, 7) is 1.38. The predicted octanol–water partition coefficient (Wildman–Crippen LogP) is -3.37. The summed E-state index contributed by atoms with van der Waals surface area (Å²) >= 11 is 0. The first-order valence-corrected chi connectivity index (χ1v) is 35.0. The number of phenolic OH excluding ortho intramolecular Hbond substituents is 1. The number of nitrogens with zero attached hydrogens (tertiary/aromatic N) is 4. The largest absolute Gasteiger partial charge is 0.508 e. The summed E-state index contributed by atoms with van der Waals surface area (Å²) in [6.07, 6.45) is -1.92. The number of carboxylic acids is 4. The average Bonchev–Trinajstić information content (AvgIpc) is 1.59. The van der Waals surface area contributed by atoms with Crippen LogP contribution < -0.4 is 48.3 Å². The molecule has 3 heterocycles. The second-order valence-corrected chi connectivity index (χ2v) is 27.0. The standard InChI is InChI=1S/C65H90N14O19S2/c1-38(80)56-64(96)73-51(63(95)75-57(39(2)81)65(97)98)37-100-99-36-50(72-59(91)47(28-40-10-4-3-5-11-40)68-52(83)32-76-20-22-77(33-53(84)85)24-26-79(35-55(88)89)27-25-78(23-21-76)34-54(86)87)62(94)70-48(29-41-15-17-43(82)18-16-41)60(92)71-49(30-42-31-67-45-13-7-6-12-44(42)45)61(93)69-46(58(90)74-56)14-8-9-19-66/h3-7,10-13,15-18,31,38-39,46-51,56-57,67,80-82H,8-9,14,19-30,32-37,66H2,1-2H3,(H,68,83)(H,69,93)(H,70,94)(H,71,92)(H,72,91)(H,73,96)(H,74,90)(H,75,95)(H,84,85)(H,86,87)(H,88,89)(H,97,98)/t38-,39-,46?,47-,48+,49?,50?,51+,56+,57+/m1/s1. The molecule has 2 aliphatic rings. The second-order valence-electron chi connectivity index (χ2n) is 24.5. The van der Waals surface area contributed by atoms with Crippen LogP contribution in [0.3, 0.4) is 0 Å². The third-order valence-corrected chi connectivity index (χ3v) is 19.0. The van der Waals surface area contributed by atoms with Crippen molar-refractivity contribution >= 4 is 104 Å². The highest BCUT2D eigenvalue weighted by Gasteiger charge is 2.38. The van der Waals surface area contributed by atoms with E-state index in [2.05, 4.69) is 47.5 Å². The number of phenols is 1. The van der Waals surface area contributed by atoms with E-state index in [1.807, 2.05) is 0 Å². The number of hydrogen-bond donors (Lipinski definition) is 17. The number of aliphatic carboxylic acids is 4. The van der Waals surface area contributed by atoms with Gasteiger partial charge in [0, 0.05) is 100 Å². The molecule has 2 saturated heterocycles. The Bertz CT molecular complexity index is 3410. The lowest BCUT2D eigenvalue weighted by atomic mass is 10.0. The molecule has 2 aliphatic heterocycles. The molecule has 2 fully saturated rings. The lowest BCUT2D eigenvalue weighted by molar-refractivity contribution is -0.145. The van der Waals surface area contributed by atoms with Gasteiger partial charge in [-0.25, -0.2) is 4.79 Å². The summed E-state index contributed by atoms with van der Waals surface area (Å²) in [7, 11) is 1.66. The molecule has 8 amide bonds. The van der Waals surface area contributed by atoms with Gasteiger partial charge in [-0.1, -0.05) is 82.3 Å². The smallest absolute Gasteiger partial charge is 0.328 e. The number of nitrogens with two attached hydrogens (primary N) is 1. The van der Waals surface area contributed by atoms with Crippen LogP contribution in [0.4, 0.5) is 0 Å². The van der Waals surface area contributed by atoms with E-state index in [-0.39, 0.29) is 103 Å². The van der Waals surface area contributed by atoms with Crippen LogP contribution in [0.5, 0.6) is 5.75 Å². The van der Waals surface area contributed by atoms with Crippen LogP contribution in [-0.4, -0.2) is 289 Å². The number of H-pyrrole nitrogens is 1. The van der Waals surface area contributed by atoms with E-state index in [4.69, 9.17) is 5.73 Å². The van der Waals surface area contributed by atoms with Gasteiger partial charge in [0.15, 0.2) is 6.04 Å². The van der Waals surface area contributed by atoms with Crippen LogP contribution in [0.25, 0.3) is 10.9 Å². The van der Waals surface area contributed by atoms with Crippen molar-refractivity contribution in [2.75, 3.05) is 96.6 Å². The van der Waals surface area contributed by atoms with Crippen LogP contribution in [0.15, 0.2) is 85.1 Å². The van der Waals surface area contributed by atoms with Crippen molar-refractivity contribution in [2.45, 2.75) is 113 Å². The molecule has 100 heavy (non-hydrogen) atoms. The summed E-state index contributed by atoms with van der Waals surface area (Å²) in [4.78, 5) is 176. The van der Waals surface area contributed by atoms with Crippen molar-refractivity contribution in [3.63, 3.8) is 0 Å². The maximum Gasteiger partial charge on any atom is 0.328 e. The Kier molecular flexibility index (Phi) is 32.3. The molecule has 10 atom stereocenters. The quantitative estimate of drug-likeness (QED) is 0.0215. The van der Waals surface area contributed by atoms with Crippen molar-refractivity contribution in [2.24, 2.45) is 5.73 Å². The maximum atomic E-state index is 15.3. The van der Waals surface area contributed by atoms with Crippen LogP contribution in [0.2, 0.25) is 0 Å². The van der Waals surface area contributed by atoms with Crippen LogP contribution in [-0.2, 0) is 76.8 Å². The summed E-state index contributed by atoms with van der Waals surface area (Å²) in [5.41, 5.74) is 7.96. The number of aliphatic hydroxyl groups is 2. The predicted molar refractivity (Wildman–Crippen MR) is 367 cm³/mol. The van der Waals surface area contributed by atoms with Gasteiger partial charge in [-0.05, 0) is 74.5 Å². The number of rotatable bonds is 26. The summed E-state index contributed by atoms with van der Waals surface area (Å²) < 4.78 is 0. The summed E-state index contributed by atoms with van der Waals surface area (Å²) in [5.74, 6) is -14.0. The third-order valence-electron chi connectivity index (χ3n) is 16.6. The Labute approximate surface area is 584 Å². The van der Waals surface area contributed by atoms with Gasteiger partial charge >= 0.3 is 23.9 Å². The van der Waals surface area contributed by atoms with Gasteiger partial charge in [-0.3, -0.25) is 72.3 Å². The summed E-state index contributed by atoms with van der Waals surface area (Å²) in [5, 5.41) is 92.4. The fourth-order valence-corrected chi connectivity index (χ4v) is 13.4. The van der Waals surface area contributed by atoms with Crippen LogP contribution >= 0.6 is 21.6 Å². The highest BCUT2D eigenvalue weighted by atomic mass is 33.1. The van der Waals surface area contributed by atoms with Gasteiger partial charge in [0.1, 0.15) is 48.0 Å². The van der Waals surface area contributed by atoms with E-state index in [9.17, 15) is 78.9 Å². The summed E-state index contributed by atoms with van der Waals surface area (Å²) in [6, 6.07) is 7.92. The van der Waals surface area contributed by atoms with Gasteiger partial charge in [0.25, 0.3) is 0 Å². The molecule has 4 aromatic rings. The zero-order chi connectivity index (χ0) is 73.0. The Morgan fingerprint density at radius 2 is 1.10 bits per heavy atom. The number of amides is 8. The fraction of sp³-hybridized carbons (Fsp3) is 0.508. The number of unbranched alkanes of at least 4 members (excludes halogenated alkanes) is 1. The molecule has 35 heteroatoms. The second kappa shape index (κ2) is 40.3. The topological polar surface area (TPSA) is 497 Å². The number of aromatic nitrogens is 1. The molecule has 6 rings (SSSR count). The number of aromatic hydroxyl groups is 1. The molecule has 0 bridgehead atoms. The number of benzene rings is 3. The highest BCUT2D eigenvalue weighted by Crippen LogP contribution is 2.25.